The molecule has 2 aromatic carbocycles. The zero-order valence-corrected chi connectivity index (χ0v) is 18.5. The van der Waals surface area contributed by atoms with Gasteiger partial charge in [0.1, 0.15) is 5.25 Å². The van der Waals surface area contributed by atoms with E-state index in [4.69, 9.17) is 0 Å². The van der Waals surface area contributed by atoms with Crippen LogP contribution in [-0.2, 0) is 25.8 Å². The van der Waals surface area contributed by atoms with Crippen LogP contribution in [0.4, 0.5) is 0 Å². The summed E-state index contributed by atoms with van der Waals surface area (Å²) in [5.41, 5.74) is 1.16. The minimum atomic E-state index is -3.73. The third-order valence-corrected chi connectivity index (χ3v) is 7.97. The van der Waals surface area contributed by atoms with Crippen LogP contribution < -0.4 is 10.6 Å². The standard InChI is InChI=1S/C23H24N2O4S2/c26-22(24-15-7-11-18-9-3-1-4-10-18)23(27)25-17-21(20-14-8-16-30-20)31(28,29)19-12-5-2-6-13-19/h1-6,8-10,12-14,16,21H,7,11,15,17H2,(H,24,26)(H,25,27)/t21-/m1/s1. The van der Waals surface area contributed by atoms with E-state index in [1.54, 1.807) is 35.7 Å². The van der Waals surface area contributed by atoms with Crippen LogP contribution in [0.5, 0.6) is 0 Å². The quantitative estimate of drug-likeness (QED) is 0.382. The number of amides is 2. The van der Waals surface area contributed by atoms with Crippen molar-refractivity contribution in [3.05, 3.63) is 88.6 Å². The number of sulfone groups is 1. The SMILES string of the molecule is O=C(NCCCc1ccccc1)C(=O)NC[C@H](c1cccs1)S(=O)(=O)c1ccccc1. The molecule has 0 fully saturated rings. The van der Waals surface area contributed by atoms with Crippen LogP contribution in [-0.4, -0.2) is 33.3 Å². The highest BCUT2D eigenvalue weighted by Crippen LogP contribution is 2.31. The average Bonchev–Trinajstić information content (AvgIpc) is 3.32. The zero-order chi connectivity index (χ0) is 22.1. The van der Waals surface area contributed by atoms with Crippen LogP contribution in [0.1, 0.15) is 22.1 Å². The van der Waals surface area contributed by atoms with E-state index in [2.05, 4.69) is 10.6 Å². The fourth-order valence-electron chi connectivity index (χ4n) is 3.10. The molecule has 162 valence electrons. The molecule has 1 heterocycles. The van der Waals surface area contributed by atoms with Crippen molar-refractivity contribution in [3.8, 4) is 0 Å². The number of aryl methyl sites for hydroxylation is 1. The van der Waals surface area contributed by atoms with E-state index in [1.807, 2.05) is 30.3 Å². The number of benzene rings is 2. The predicted molar refractivity (Wildman–Crippen MR) is 121 cm³/mol. The second-order valence-corrected chi connectivity index (χ2v) is 10.0. The Morgan fingerprint density at radius 1 is 0.839 bits per heavy atom. The van der Waals surface area contributed by atoms with Gasteiger partial charge in [0.15, 0.2) is 9.84 Å². The fraction of sp³-hybridized carbons (Fsp3) is 0.217. The molecule has 0 unspecified atom stereocenters. The first-order valence-corrected chi connectivity index (χ1v) is 12.3. The minimum absolute atomic E-state index is 0.174. The second kappa shape index (κ2) is 10.9. The summed E-state index contributed by atoms with van der Waals surface area (Å²) in [5.74, 6) is -1.61. The van der Waals surface area contributed by atoms with Crippen molar-refractivity contribution in [3.63, 3.8) is 0 Å². The van der Waals surface area contributed by atoms with E-state index in [0.717, 1.165) is 12.0 Å². The topological polar surface area (TPSA) is 92.3 Å². The van der Waals surface area contributed by atoms with Gasteiger partial charge >= 0.3 is 11.8 Å². The van der Waals surface area contributed by atoms with Crippen molar-refractivity contribution in [1.82, 2.24) is 10.6 Å². The number of rotatable bonds is 9. The first-order chi connectivity index (χ1) is 15.0. The molecule has 0 spiro atoms. The molecule has 31 heavy (non-hydrogen) atoms. The van der Waals surface area contributed by atoms with Crippen LogP contribution in [0.25, 0.3) is 0 Å². The normalized spacial score (nSPS) is 12.1. The molecule has 0 radical (unpaired) electrons. The van der Waals surface area contributed by atoms with Crippen molar-refractivity contribution < 1.29 is 18.0 Å². The Bertz CT molecular complexity index is 1080. The summed E-state index contributed by atoms with van der Waals surface area (Å²) in [5, 5.41) is 5.88. The third-order valence-electron chi connectivity index (χ3n) is 4.73. The maximum Gasteiger partial charge on any atom is 0.309 e. The molecule has 1 atom stereocenters. The molecule has 2 N–H and O–H groups in total. The Hall–Kier alpha value is -2.97. The Morgan fingerprint density at radius 2 is 1.48 bits per heavy atom. The molecule has 8 heteroatoms. The Labute approximate surface area is 186 Å². The Kier molecular flexibility index (Phi) is 7.97. The molecule has 2 amide bonds. The van der Waals surface area contributed by atoms with Gasteiger partial charge in [-0.2, -0.15) is 0 Å². The molecule has 0 aliphatic rings. The van der Waals surface area contributed by atoms with Gasteiger partial charge in [-0.1, -0.05) is 54.6 Å². The minimum Gasteiger partial charge on any atom is -0.348 e. The lowest BCUT2D eigenvalue weighted by Gasteiger charge is -2.17. The largest absolute Gasteiger partial charge is 0.348 e. The highest BCUT2D eigenvalue weighted by Gasteiger charge is 2.31. The van der Waals surface area contributed by atoms with Crippen molar-refractivity contribution in [2.45, 2.75) is 23.0 Å². The van der Waals surface area contributed by atoms with Gasteiger partial charge in [-0.25, -0.2) is 8.42 Å². The highest BCUT2D eigenvalue weighted by atomic mass is 32.2. The van der Waals surface area contributed by atoms with Gasteiger partial charge in [-0.05, 0) is 42.0 Å². The summed E-state index contributed by atoms with van der Waals surface area (Å²) >= 11 is 1.30. The molecule has 6 nitrogen and oxygen atoms in total. The van der Waals surface area contributed by atoms with Crippen LogP contribution in [0.2, 0.25) is 0 Å². The van der Waals surface area contributed by atoms with Gasteiger partial charge in [0.2, 0.25) is 0 Å². The van der Waals surface area contributed by atoms with E-state index < -0.39 is 26.9 Å². The summed E-state index contributed by atoms with van der Waals surface area (Å²) in [6, 6.07) is 21.4. The molecule has 0 saturated carbocycles. The lowest BCUT2D eigenvalue weighted by molar-refractivity contribution is -0.139. The van der Waals surface area contributed by atoms with E-state index >= 15 is 0 Å². The molecule has 0 bridgehead atoms. The number of hydrogen-bond donors (Lipinski definition) is 2. The molecular weight excluding hydrogens is 432 g/mol. The van der Waals surface area contributed by atoms with Crippen LogP contribution >= 0.6 is 11.3 Å². The molecule has 0 saturated heterocycles. The first-order valence-electron chi connectivity index (χ1n) is 9.91. The first kappa shape index (κ1) is 22.7. The van der Waals surface area contributed by atoms with E-state index in [1.165, 1.54) is 23.5 Å². The van der Waals surface area contributed by atoms with E-state index in [0.29, 0.717) is 17.8 Å². The smallest absolute Gasteiger partial charge is 0.309 e. The number of carbonyl (C=O) groups is 2. The van der Waals surface area contributed by atoms with Crippen molar-refractivity contribution in [2.75, 3.05) is 13.1 Å². The van der Waals surface area contributed by atoms with Gasteiger partial charge in [-0.3, -0.25) is 9.59 Å². The van der Waals surface area contributed by atoms with Gasteiger partial charge in [0, 0.05) is 18.0 Å². The van der Waals surface area contributed by atoms with Crippen molar-refractivity contribution in [1.29, 1.82) is 0 Å². The lowest BCUT2D eigenvalue weighted by atomic mass is 10.1. The van der Waals surface area contributed by atoms with Crippen LogP contribution in [0.3, 0.4) is 0 Å². The second-order valence-electron chi connectivity index (χ2n) is 6.92. The summed E-state index contributed by atoms with van der Waals surface area (Å²) in [4.78, 5) is 25.1. The summed E-state index contributed by atoms with van der Waals surface area (Å²) in [6.07, 6.45) is 1.49. The number of hydrogen-bond acceptors (Lipinski definition) is 5. The monoisotopic (exact) mass is 456 g/mol. The van der Waals surface area contributed by atoms with Crippen LogP contribution in [0, 0.1) is 0 Å². The Balaban J connectivity index is 1.56. The molecule has 3 rings (SSSR count). The average molecular weight is 457 g/mol. The van der Waals surface area contributed by atoms with Crippen LogP contribution in [0.15, 0.2) is 83.1 Å². The Morgan fingerprint density at radius 3 is 2.13 bits per heavy atom. The molecule has 0 aliphatic heterocycles. The van der Waals surface area contributed by atoms with E-state index in [9.17, 15) is 18.0 Å². The van der Waals surface area contributed by atoms with Crippen molar-refractivity contribution >= 4 is 33.0 Å². The number of thiophene rings is 1. The number of carbonyl (C=O) groups excluding carboxylic acids is 2. The third kappa shape index (κ3) is 6.26. The van der Waals surface area contributed by atoms with Gasteiger partial charge in [0.25, 0.3) is 0 Å². The van der Waals surface area contributed by atoms with Gasteiger partial charge in [0.05, 0.1) is 4.90 Å². The van der Waals surface area contributed by atoms with E-state index in [-0.39, 0.29) is 11.4 Å². The lowest BCUT2D eigenvalue weighted by Crippen LogP contribution is -2.42. The summed E-state index contributed by atoms with van der Waals surface area (Å²) < 4.78 is 26.2. The highest BCUT2D eigenvalue weighted by molar-refractivity contribution is 7.91. The predicted octanol–water partition coefficient (Wildman–Crippen LogP) is 3.13. The number of nitrogens with one attached hydrogen (secondary N) is 2. The fourth-order valence-corrected chi connectivity index (χ4v) is 5.90. The van der Waals surface area contributed by atoms with Gasteiger partial charge < -0.3 is 10.6 Å². The van der Waals surface area contributed by atoms with Gasteiger partial charge in [-0.15, -0.1) is 11.3 Å². The molecule has 3 aromatic rings. The molecule has 0 aliphatic carbocycles. The zero-order valence-electron chi connectivity index (χ0n) is 16.9. The molecule has 1 aromatic heterocycles. The maximum absolute atomic E-state index is 13.1. The van der Waals surface area contributed by atoms with Crippen molar-refractivity contribution in [2.24, 2.45) is 0 Å². The summed E-state index contributed by atoms with van der Waals surface area (Å²) in [6.45, 7) is 0.172. The maximum atomic E-state index is 13.1. The molecular formula is C23H24N2O4S2. The summed E-state index contributed by atoms with van der Waals surface area (Å²) in [7, 11) is -3.73.